The Balaban J connectivity index is 1.94. The van der Waals surface area contributed by atoms with Gasteiger partial charge in [-0.25, -0.2) is 4.98 Å². The van der Waals surface area contributed by atoms with Crippen LogP contribution < -0.4 is 4.90 Å². The third kappa shape index (κ3) is 3.35. The number of methoxy groups -OCH3 is 1. The summed E-state index contributed by atoms with van der Waals surface area (Å²) in [4.78, 5) is 11.2. The molecule has 2 aromatic rings. The summed E-state index contributed by atoms with van der Waals surface area (Å²) in [7, 11) is 1.69. The quantitative estimate of drug-likeness (QED) is 0.843. The predicted molar refractivity (Wildman–Crippen MR) is 89.5 cm³/mol. The van der Waals surface area contributed by atoms with Crippen molar-refractivity contribution in [3.05, 3.63) is 18.1 Å². The minimum absolute atomic E-state index is 0.497. The predicted octanol–water partition coefficient (Wildman–Crippen LogP) is 2.38. The van der Waals surface area contributed by atoms with Gasteiger partial charge in [0.25, 0.3) is 5.78 Å². The minimum Gasteiger partial charge on any atom is -0.378 e. The summed E-state index contributed by atoms with van der Waals surface area (Å²) in [6, 6.07) is 2.09. The van der Waals surface area contributed by atoms with E-state index in [1.807, 2.05) is 4.52 Å². The van der Waals surface area contributed by atoms with Crippen molar-refractivity contribution in [2.75, 3.05) is 30.9 Å². The molecule has 0 amide bonds. The third-order valence-corrected chi connectivity index (χ3v) is 5.12. The van der Waals surface area contributed by atoms with Crippen molar-refractivity contribution in [1.82, 2.24) is 19.6 Å². The van der Waals surface area contributed by atoms with Gasteiger partial charge in [0.2, 0.25) is 0 Å². The first kappa shape index (κ1) is 15.6. The molecule has 0 radical (unpaired) electrons. The number of fused-ring (bicyclic) bond motifs is 1. The molecule has 0 spiro atoms. The summed E-state index contributed by atoms with van der Waals surface area (Å²) in [6.07, 6.45) is 5.38. The van der Waals surface area contributed by atoms with Crippen LogP contribution in [0.25, 0.3) is 5.78 Å². The molecule has 22 heavy (non-hydrogen) atoms. The molecule has 3 rings (SSSR count). The van der Waals surface area contributed by atoms with Crippen LogP contribution in [0, 0.1) is 0 Å². The highest BCUT2D eigenvalue weighted by Crippen LogP contribution is 2.26. The van der Waals surface area contributed by atoms with Gasteiger partial charge in [0.1, 0.15) is 12.1 Å². The molecular weight excluding hydrogens is 298 g/mol. The van der Waals surface area contributed by atoms with Gasteiger partial charge in [0, 0.05) is 31.5 Å². The lowest BCUT2D eigenvalue weighted by Crippen LogP contribution is -2.31. The van der Waals surface area contributed by atoms with Crippen LogP contribution in [-0.4, -0.2) is 50.8 Å². The van der Waals surface area contributed by atoms with E-state index in [4.69, 9.17) is 4.74 Å². The van der Waals surface area contributed by atoms with Crippen LogP contribution in [0.15, 0.2) is 12.4 Å². The van der Waals surface area contributed by atoms with Gasteiger partial charge in [0.05, 0.1) is 12.3 Å². The van der Waals surface area contributed by atoms with Crippen LogP contribution in [-0.2, 0) is 11.3 Å². The van der Waals surface area contributed by atoms with Crippen LogP contribution in [0.5, 0.6) is 0 Å². The van der Waals surface area contributed by atoms with E-state index in [1.165, 1.54) is 25.0 Å². The number of rotatable bonds is 5. The van der Waals surface area contributed by atoms with Crippen molar-refractivity contribution < 1.29 is 4.74 Å². The lowest BCUT2D eigenvalue weighted by Gasteiger charge is -2.26. The number of aromatic nitrogens is 4. The van der Waals surface area contributed by atoms with Gasteiger partial charge in [-0.3, -0.25) is 0 Å². The summed E-state index contributed by atoms with van der Waals surface area (Å²) in [6.45, 7) is 4.85. The summed E-state index contributed by atoms with van der Waals surface area (Å²) in [5.41, 5.74) is 0.905. The molecule has 0 aliphatic carbocycles. The number of ether oxygens (including phenoxy) is 1. The fourth-order valence-electron chi connectivity index (χ4n) is 2.97. The van der Waals surface area contributed by atoms with E-state index < -0.39 is 0 Å². The molecule has 3 heterocycles. The maximum Gasteiger partial charge on any atom is 0.254 e. The zero-order chi connectivity index (χ0) is 15.4. The third-order valence-electron chi connectivity index (χ3n) is 3.93. The van der Waals surface area contributed by atoms with Gasteiger partial charge in [-0.1, -0.05) is 13.3 Å². The number of anilines is 1. The highest BCUT2D eigenvalue weighted by Gasteiger charge is 2.21. The van der Waals surface area contributed by atoms with E-state index in [1.54, 1.807) is 13.4 Å². The maximum atomic E-state index is 5.24. The molecule has 120 valence electrons. The summed E-state index contributed by atoms with van der Waals surface area (Å²) < 4.78 is 7.08. The average Bonchev–Trinajstić information content (AvgIpc) is 2.86. The molecule has 0 bridgehead atoms. The standard InChI is InChI=1S/C15H23N5OS/c1-3-22-13-6-4-5-7-19(9-13)14-8-12(10-21-2)18-15-16-11-17-20(14)15/h8,11,13H,3-7,9-10H2,1-2H3. The lowest BCUT2D eigenvalue weighted by atomic mass is 10.2. The van der Waals surface area contributed by atoms with E-state index in [0.717, 1.165) is 24.6 Å². The maximum absolute atomic E-state index is 5.24. The van der Waals surface area contributed by atoms with Crippen LogP contribution in [0.1, 0.15) is 31.9 Å². The molecule has 2 aromatic heterocycles. The van der Waals surface area contributed by atoms with Crippen molar-refractivity contribution in [3.8, 4) is 0 Å². The molecule has 1 saturated heterocycles. The SMILES string of the molecule is CCSC1CCCCN(c2cc(COC)nc3ncnn23)C1. The Morgan fingerprint density at radius 3 is 3.14 bits per heavy atom. The molecule has 0 N–H and O–H groups in total. The van der Waals surface area contributed by atoms with Gasteiger partial charge >= 0.3 is 0 Å². The van der Waals surface area contributed by atoms with Crippen LogP contribution in [0.2, 0.25) is 0 Å². The largest absolute Gasteiger partial charge is 0.378 e. The van der Waals surface area contributed by atoms with Gasteiger partial charge < -0.3 is 9.64 Å². The van der Waals surface area contributed by atoms with Gasteiger partial charge in [-0.05, 0) is 18.6 Å². The minimum atomic E-state index is 0.497. The highest BCUT2D eigenvalue weighted by molar-refractivity contribution is 7.99. The van der Waals surface area contributed by atoms with Crippen molar-refractivity contribution in [3.63, 3.8) is 0 Å². The summed E-state index contributed by atoms with van der Waals surface area (Å²) in [5, 5.41) is 5.04. The molecule has 6 nitrogen and oxygen atoms in total. The van der Waals surface area contributed by atoms with Crippen LogP contribution in [0.3, 0.4) is 0 Å². The second-order valence-electron chi connectivity index (χ2n) is 5.53. The van der Waals surface area contributed by atoms with Gasteiger partial charge in [-0.15, -0.1) is 0 Å². The van der Waals surface area contributed by atoms with Gasteiger partial charge in [-0.2, -0.15) is 26.4 Å². The zero-order valence-corrected chi connectivity index (χ0v) is 14.1. The summed E-state index contributed by atoms with van der Waals surface area (Å²) in [5.74, 6) is 2.90. The zero-order valence-electron chi connectivity index (χ0n) is 13.2. The topological polar surface area (TPSA) is 55.5 Å². The molecule has 1 aliphatic heterocycles. The Hall–Kier alpha value is -1.34. The van der Waals surface area contributed by atoms with E-state index in [-0.39, 0.29) is 0 Å². The fourth-order valence-corrected chi connectivity index (χ4v) is 4.06. The Bertz CT molecular complexity index is 617. The molecule has 1 aliphatic rings. The Labute approximate surface area is 135 Å². The smallest absolute Gasteiger partial charge is 0.254 e. The second kappa shape index (κ2) is 7.28. The van der Waals surface area contributed by atoms with Crippen LogP contribution >= 0.6 is 11.8 Å². The monoisotopic (exact) mass is 321 g/mol. The first-order chi connectivity index (χ1) is 10.8. The molecule has 7 heteroatoms. The Morgan fingerprint density at radius 2 is 2.32 bits per heavy atom. The molecular formula is C15H23N5OS. The fraction of sp³-hybridized carbons (Fsp3) is 0.667. The van der Waals surface area contributed by atoms with E-state index in [9.17, 15) is 0 Å². The van der Waals surface area contributed by atoms with Crippen molar-refractivity contribution >= 4 is 23.4 Å². The normalized spacial score (nSPS) is 19.5. The van der Waals surface area contributed by atoms with E-state index in [2.05, 4.69) is 44.7 Å². The molecule has 1 unspecified atom stereocenters. The summed E-state index contributed by atoms with van der Waals surface area (Å²) >= 11 is 2.06. The Kier molecular flexibility index (Phi) is 5.15. The first-order valence-corrected chi connectivity index (χ1v) is 8.92. The molecule has 0 aromatic carbocycles. The highest BCUT2D eigenvalue weighted by atomic mass is 32.2. The van der Waals surface area contributed by atoms with Crippen molar-refractivity contribution in [2.24, 2.45) is 0 Å². The van der Waals surface area contributed by atoms with E-state index >= 15 is 0 Å². The number of hydrogen-bond acceptors (Lipinski definition) is 6. The molecule has 1 fully saturated rings. The number of hydrogen-bond donors (Lipinski definition) is 0. The molecule has 1 atom stereocenters. The first-order valence-electron chi connectivity index (χ1n) is 7.87. The van der Waals surface area contributed by atoms with Crippen LogP contribution in [0.4, 0.5) is 5.82 Å². The lowest BCUT2D eigenvalue weighted by molar-refractivity contribution is 0.181. The van der Waals surface area contributed by atoms with E-state index in [0.29, 0.717) is 17.6 Å². The Morgan fingerprint density at radius 1 is 1.41 bits per heavy atom. The number of nitrogens with zero attached hydrogens (tertiary/aromatic N) is 5. The number of thioether (sulfide) groups is 1. The average molecular weight is 321 g/mol. The molecule has 0 saturated carbocycles. The van der Waals surface area contributed by atoms with Crippen molar-refractivity contribution in [2.45, 2.75) is 38.0 Å². The van der Waals surface area contributed by atoms with Gasteiger partial charge in [0.15, 0.2) is 0 Å². The second-order valence-corrected chi connectivity index (χ2v) is 7.11. The van der Waals surface area contributed by atoms with Crippen molar-refractivity contribution in [1.29, 1.82) is 0 Å².